The van der Waals surface area contributed by atoms with Crippen LogP contribution in [-0.2, 0) is 14.8 Å². The molecule has 0 spiro atoms. The number of sulfonamides is 1. The molecule has 3 rings (SSSR count). The van der Waals surface area contributed by atoms with Gasteiger partial charge in [-0.05, 0) is 48.5 Å². The molecule has 1 aliphatic heterocycles. The van der Waals surface area contributed by atoms with Crippen LogP contribution >= 0.6 is 0 Å². The van der Waals surface area contributed by atoms with Crippen molar-refractivity contribution in [3.05, 3.63) is 48.5 Å². The van der Waals surface area contributed by atoms with E-state index in [0.29, 0.717) is 18.9 Å². The fourth-order valence-corrected chi connectivity index (χ4v) is 3.66. The van der Waals surface area contributed by atoms with Gasteiger partial charge in [0, 0.05) is 24.5 Å². The molecule has 146 valence electrons. The summed E-state index contributed by atoms with van der Waals surface area (Å²) in [7, 11) is -3.93. The number of hydrogen-bond donors (Lipinski definition) is 1. The molecule has 1 saturated heterocycles. The fraction of sp³-hybridized carbons (Fsp3) is 0.294. The molecule has 27 heavy (non-hydrogen) atoms. The third kappa shape index (κ3) is 5.27. The smallest absolute Gasteiger partial charge is 0.406 e. The van der Waals surface area contributed by atoms with Gasteiger partial charge in [0.15, 0.2) is 0 Å². The third-order valence-corrected chi connectivity index (χ3v) is 5.26. The van der Waals surface area contributed by atoms with Crippen molar-refractivity contribution in [2.24, 2.45) is 0 Å². The highest BCUT2D eigenvalue weighted by molar-refractivity contribution is 7.92. The molecule has 0 aromatic heterocycles. The number of halogens is 3. The Kier molecular flexibility index (Phi) is 5.47. The standard InChI is InChI=1S/C17H17F3N2O4S/c18-17(19,20)26-15-5-7-16(8-6-15)27(23,24)21-13-1-3-14(4-2-13)22-9-11-25-12-10-22/h1-8,21H,9-12H2. The molecule has 0 atom stereocenters. The molecule has 1 N–H and O–H groups in total. The Labute approximate surface area is 154 Å². The molecule has 1 aliphatic rings. The molecule has 1 fully saturated rings. The van der Waals surface area contributed by atoms with Gasteiger partial charge in [-0.15, -0.1) is 13.2 Å². The minimum absolute atomic E-state index is 0.172. The lowest BCUT2D eigenvalue weighted by atomic mass is 10.2. The van der Waals surface area contributed by atoms with Crippen molar-refractivity contribution in [2.75, 3.05) is 35.9 Å². The molecule has 2 aromatic carbocycles. The number of nitrogens with zero attached hydrogens (tertiary/aromatic N) is 1. The number of anilines is 2. The van der Waals surface area contributed by atoms with Crippen LogP contribution in [0, 0.1) is 0 Å². The molecule has 2 aromatic rings. The van der Waals surface area contributed by atoms with Crippen molar-refractivity contribution >= 4 is 21.4 Å². The van der Waals surface area contributed by atoms with E-state index in [2.05, 4.69) is 14.4 Å². The highest BCUT2D eigenvalue weighted by atomic mass is 32.2. The first-order valence-corrected chi connectivity index (χ1v) is 9.53. The summed E-state index contributed by atoms with van der Waals surface area (Å²) in [5, 5.41) is 0. The van der Waals surface area contributed by atoms with Gasteiger partial charge in [-0.1, -0.05) is 0 Å². The number of alkyl halides is 3. The maximum absolute atomic E-state index is 12.4. The Bertz CT molecular complexity index is 863. The van der Waals surface area contributed by atoms with Gasteiger partial charge >= 0.3 is 6.36 Å². The number of benzene rings is 2. The first-order chi connectivity index (χ1) is 12.7. The predicted molar refractivity (Wildman–Crippen MR) is 93.4 cm³/mol. The normalized spacial score (nSPS) is 15.4. The first-order valence-electron chi connectivity index (χ1n) is 8.04. The van der Waals surface area contributed by atoms with Gasteiger partial charge < -0.3 is 14.4 Å². The van der Waals surface area contributed by atoms with Gasteiger partial charge in [0.1, 0.15) is 5.75 Å². The van der Waals surface area contributed by atoms with E-state index in [1.54, 1.807) is 24.3 Å². The number of nitrogens with one attached hydrogen (secondary N) is 1. The molecular weight excluding hydrogens is 385 g/mol. The van der Waals surface area contributed by atoms with Crippen molar-refractivity contribution in [3.63, 3.8) is 0 Å². The quantitative estimate of drug-likeness (QED) is 0.832. The second kappa shape index (κ2) is 7.65. The average molecular weight is 402 g/mol. The van der Waals surface area contributed by atoms with Crippen LogP contribution in [-0.4, -0.2) is 41.1 Å². The van der Waals surface area contributed by atoms with Crippen LogP contribution in [0.5, 0.6) is 5.75 Å². The van der Waals surface area contributed by atoms with Gasteiger partial charge in [-0.25, -0.2) is 8.42 Å². The summed E-state index contributed by atoms with van der Waals surface area (Å²) in [5.41, 5.74) is 1.30. The fourth-order valence-electron chi connectivity index (χ4n) is 2.60. The molecule has 0 aliphatic carbocycles. The summed E-state index contributed by atoms with van der Waals surface area (Å²) in [6.07, 6.45) is -4.83. The minimum atomic E-state index is -4.83. The van der Waals surface area contributed by atoms with Crippen LogP contribution in [0.1, 0.15) is 0 Å². The summed E-state index contributed by atoms with van der Waals surface area (Å²) < 4.78 is 72.7. The summed E-state index contributed by atoms with van der Waals surface area (Å²) in [6.45, 7) is 2.81. The van der Waals surface area contributed by atoms with Crippen molar-refractivity contribution in [1.82, 2.24) is 0 Å². The summed E-state index contributed by atoms with van der Waals surface area (Å²) in [6, 6.07) is 10.8. The highest BCUT2D eigenvalue weighted by Crippen LogP contribution is 2.25. The van der Waals surface area contributed by atoms with E-state index >= 15 is 0 Å². The number of morpholine rings is 1. The zero-order valence-electron chi connectivity index (χ0n) is 14.1. The van der Waals surface area contributed by atoms with Gasteiger partial charge in [-0.2, -0.15) is 0 Å². The summed E-state index contributed by atoms with van der Waals surface area (Å²) >= 11 is 0. The third-order valence-electron chi connectivity index (χ3n) is 3.86. The van der Waals surface area contributed by atoms with Crippen LogP contribution in [0.15, 0.2) is 53.4 Å². The Morgan fingerprint density at radius 2 is 1.56 bits per heavy atom. The van der Waals surface area contributed by atoms with E-state index in [-0.39, 0.29) is 4.90 Å². The second-order valence-electron chi connectivity index (χ2n) is 5.77. The summed E-state index contributed by atoms with van der Waals surface area (Å²) in [5.74, 6) is -0.490. The largest absolute Gasteiger partial charge is 0.573 e. The van der Waals surface area contributed by atoms with E-state index in [0.717, 1.165) is 43.0 Å². The van der Waals surface area contributed by atoms with Gasteiger partial charge in [0.2, 0.25) is 0 Å². The van der Waals surface area contributed by atoms with Crippen molar-refractivity contribution in [3.8, 4) is 5.75 Å². The van der Waals surface area contributed by atoms with Crippen LogP contribution < -0.4 is 14.4 Å². The maximum atomic E-state index is 12.4. The molecule has 0 radical (unpaired) electrons. The molecule has 6 nitrogen and oxygen atoms in total. The van der Waals surface area contributed by atoms with Crippen molar-refractivity contribution in [1.29, 1.82) is 0 Å². The molecular formula is C17H17F3N2O4S. The Balaban J connectivity index is 1.68. The number of hydrogen-bond acceptors (Lipinski definition) is 5. The van der Waals surface area contributed by atoms with Crippen molar-refractivity contribution < 1.29 is 31.1 Å². The Morgan fingerprint density at radius 3 is 2.11 bits per heavy atom. The maximum Gasteiger partial charge on any atom is 0.573 e. The van der Waals surface area contributed by atoms with E-state index in [1.165, 1.54) is 0 Å². The lowest BCUT2D eigenvalue weighted by Crippen LogP contribution is -2.36. The molecule has 1 heterocycles. The number of rotatable bonds is 5. The average Bonchev–Trinajstić information content (AvgIpc) is 2.62. The zero-order valence-corrected chi connectivity index (χ0v) is 14.9. The van der Waals surface area contributed by atoms with Crippen LogP contribution in [0.4, 0.5) is 24.5 Å². The van der Waals surface area contributed by atoms with E-state index in [4.69, 9.17) is 4.74 Å². The molecule has 10 heteroatoms. The van der Waals surface area contributed by atoms with E-state index in [9.17, 15) is 21.6 Å². The first kappa shape index (κ1) is 19.3. The molecule has 0 unspecified atom stereocenters. The Hall–Kier alpha value is -2.46. The van der Waals surface area contributed by atoms with Gasteiger partial charge in [-0.3, -0.25) is 4.72 Å². The minimum Gasteiger partial charge on any atom is -0.406 e. The topological polar surface area (TPSA) is 67.9 Å². The number of ether oxygens (including phenoxy) is 2. The van der Waals surface area contributed by atoms with Crippen molar-refractivity contribution in [2.45, 2.75) is 11.3 Å². The van der Waals surface area contributed by atoms with Crippen LogP contribution in [0.3, 0.4) is 0 Å². The van der Waals surface area contributed by atoms with E-state index in [1.807, 2.05) is 0 Å². The Morgan fingerprint density at radius 1 is 0.963 bits per heavy atom. The lowest BCUT2D eigenvalue weighted by Gasteiger charge is -2.28. The van der Waals surface area contributed by atoms with Gasteiger partial charge in [0.25, 0.3) is 10.0 Å². The van der Waals surface area contributed by atoms with Gasteiger partial charge in [0.05, 0.1) is 18.1 Å². The predicted octanol–water partition coefficient (Wildman–Crippen LogP) is 3.22. The van der Waals surface area contributed by atoms with Crippen LogP contribution in [0.25, 0.3) is 0 Å². The summed E-state index contributed by atoms with van der Waals surface area (Å²) in [4.78, 5) is 1.95. The lowest BCUT2D eigenvalue weighted by molar-refractivity contribution is -0.274. The van der Waals surface area contributed by atoms with Crippen LogP contribution in [0.2, 0.25) is 0 Å². The zero-order chi connectivity index (χ0) is 19.5. The molecule has 0 bridgehead atoms. The SMILES string of the molecule is O=S(=O)(Nc1ccc(N2CCOCC2)cc1)c1ccc(OC(F)(F)F)cc1. The highest BCUT2D eigenvalue weighted by Gasteiger charge is 2.31. The molecule has 0 amide bonds. The monoisotopic (exact) mass is 402 g/mol. The second-order valence-corrected chi connectivity index (χ2v) is 7.45. The molecule has 0 saturated carbocycles. The van der Waals surface area contributed by atoms with E-state index < -0.39 is 22.1 Å².